The summed E-state index contributed by atoms with van der Waals surface area (Å²) in [6.07, 6.45) is 4.98. The molecule has 0 saturated heterocycles. The van der Waals surface area contributed by atoms with Crippen LogP contribution in [-0.2, 0) is 47.4 Å². The van der Waals surface area contributed by atoms with Crippen LogP contribution < -0.4 is 0 Å². The third kappa shape index (κ3) is 36.3. The van der Waals surface area contributed by atoms with E-state index in [-0.39, 0.29) is 6.61 Å². The molecule has 0 saturated carbocycles. The first-order valence-electron chi connectivity index (χ1n) is 13.9. The Morgan fingerprint density at radius 2 is 0.526 bits per heavy atom. The standard InChI is InChI=1S/C26H53IO11/c27-5-3-1-2-4-7-29-9-11-31-13-15-33-17-19-35-21-23-37-25-26-38-24-22-36-20-18-34-16-14-32-12-10-30-8-6-28/h28H,1-26H2. The molecule has 0 bridgehead atoms. The van der Waals surface area contributed by atoms with E-state index in [2.05, 4.69) is 22.6 Å². The molecule has 0 radical (unpaired) electrons. The predicted octanol–water partition coefficient (Wildman–Crippen LogP) is 2.14. The second-order valence-electron chi connectivity index (χ2n) is 7.95. The molecule has 0 fully saturated rings. The molecule has 0 amide bonds. The quantitative estimate of drug-likeness (QED) is 0.0610. The first-order chi connectivity index (χ1) is 18.9. The van der Waals surface area contributed by atoms with E-state index in [4.69, 9.17) is 52.5 Å². The number of rotatable bonds is 35. The van der Waals surface area contributed by atoms with Crippen LogP contribution in [0.4, 0.5) is 0 Å². The van der Waals surface area contributed by atoms with Gasteiger partial charge in [0.2, 0.25) is 0 Å². The van der Waals surface area contributed by atoms with Crippen molar-refractivity contribution in [2.75, 3.05) is 143 Å². The molecule has 11 nitrogen and oxygen atoms in total. The van der Waals surface area contributed by atoms with Gasteiger partial charge in [-0.05, 0) is 17.3 Å². The van der Waals surface area contributed by atoms with E-state index < -0.39 is 0 Å². The Kier molecular flexibility index (Phi) is 37.6. The van der Waals surface area contributed by atoms with Crippen molar-refractivity contribution < 1.29 is 52.5 Å². The number of hydrogen-bond donors (Lipinski definition) is 1. The molecule has 0 aromatic carbocycles. The Morgan fingerprint density at radius 3 is 0.789 bits per heavy atom. The monoisotopic (exact) mass is 668 g/mol. The fourth-order valence-electron chi connectivity index (χ4n) is 2.80. The SMILES string of the molecule is OCCOCCOCCOCCOCCOCCOCCOCCOCCOCCOCCCCCCI. The minimum Gasteiger partial charge on any atom is -0.394 e. The lowest BCUT2D eigenvalue weighted by molar-refractivity contribution is -0.0268. The fraction of sp³-hybridized carbons (Fsp3) is 1.00. The minimum atomic E-state index is 0.0302. The Bertz CT molecular complexity index is 375. The normalized spacial score (nSPS) is 11.5. The van der Waals surface area contributed by atoms with Gasteiger partial charge in [0, 0.05) is 6.61 Å². The van der Waals surface area contributed by atoms with Crippen LogP contribution in [0.15, 0.2) is 0 Å². The van der Waals surface area contributed by atoms with E-state index >= 15 is 0 Å². The average molecular weight is 669 g/mol. The van der Waals surface area contributed by atoms with Crippen LogP contribution in [0.5, 0.6) is 0 Å². The van der Waals surface area contributed by atoms with Gasteiger partial charge in [0.15, 0.2) is 0 Å². The molecule has 0 rings (SSSR count). The topological polar surface area (TPSA) is 113 Å². The van der Waals surface area contributed by atoms with Gasteiger partial charge in [-0.3, -0.25) is 0 Å². The summed E-state index contributed by atoms with van der Waals surface area (Å²) < 4.78 is 55.3. The first kappa shape index (κ1) is 38.3. The molecule has 0 aliphatic carbocycles. The van der Waals surface area contributed by atoms with Gasteiger partial charge in [-0.1, -0.05) is 35.4 Å². The van der Waals surface area contributed by atoms with Crippen LogP contribution in [0.2, 0.25) is 0 Å². The van der Waals surface area contributed by atoms with E-state index in [9.17, 15) is 0 Å². The predicted molar refractivity (Wildman–Crippen MR) is 153 cm³/mol. The van der Waals surface area contributed by atoms with Gasteiger partial charge in [0.25, 0.3) is 0 Å². The van der Waals surface area contributed by atoms with Crippen molar-refractivity contribution in [3.63, 3.8) is 0 Å². The van der Waals surface area contributed by atoms with Crippen molar-refractivity contribution in [1.29, 1.82) is 0 Å². The second-order valence-corrected chi connectivity index (χ2v) is 9.03. The molecule has 0 heterocycles. The summed E-state index contributed by atoms with van der Waals surface area (Å²) in [4.78, 5) is 0. The van der Waals surface area contributed by atoms with Crippen LogP contribution in [-0.4, -0.2) is 148 Å². The second kappa shape index (κ2) is 37.3. The van der Waals surface area contributed by atoms with Gasteiger partial charge in [0.05, 0.1) is 132 Å². The Morgan fingerprint density at radius 1 is 0.289 bits per heavy atom. The summed E-state index contributed by atoms with van der Waals surface area (Å²) >= 11 is 2.42. The van der Waals surface area contributed by atoms with Crippen LogP contribution in [0.3, 0.4) is 0 Å². The van der Waals surface area contributed by atoms with E-state index in [1.807, 2.05) is 0 Å². The fourth-order valence-corrected chi connectivity index (χ4v) is 3.34. The molecule has 0 aliphatic heterocycles. The number of aliphatic hydroxyl groups excluding tert-OH is 1. The maximum atomic E-state index is 8.56. The highest BCUT2D eigenvalue weighted by molar-refractivity contribution is 14.1. The van der Waals surface area contributed by atoms with Crippen molar-refractivity contribution in [3.05, 3.63) is 0 Å². The Hall–Kier alpha value is 0.290. The Labute approximate surface area is 243 Å². The third-order valence-electron chi connectivity index (χ3n) is 4.76. The zero-order chi connectivity index (χ0) is 27.5. The molecule has 0 unspecified atom stereocenters. The molecule has 0 spiro atoms. The Balaban J connectivity index is 3.01. The number of unbranched alkanes of at least 4 members (excludes halogenated alkanes) is 3. The van der Waals surface area contributed by atoms with E-state index in [1.54, 1.807) is 0 Å². The van der Waals surface area contributed by atoms with Crippen LogP contribution in [0, 0.1) is 0 Å². The zero-order valence-corrected chi connectivity index (χ0v) is 25.4. The highest BCUT2D eigenvalue weighted by Crippen LogP contribution is 2.02. The van der Waals surface area contributed by atoms with E-state index in [0.29, 0.717) is 126 Å². The average Bonchev–Trinajstić information content (AvgIpc) is 2.93. The van der Waals surface area contributed by atoms with Crippen LogP contribution in [0.25, 0.3) is 0 Å². The van der Waals surface area contributed by atoms with E-state index in [1.165, 1.54) is 23.7 Å². The first-order valence-corrected chi connectivity index (χ1v) is 15.4. The molecule has 1 N–H and O–H groups in total. The van der Waals surface area contributed by atoms with Gasteiger partial charge in [-0.2, -0.15) is 0 Å². The summed E-state index contributed by atoms with van der Waals surface area (Å²) in [6, 6.07) is 0. The smallest absolute Gasteiger partial charge is 0.0701 e. The molecule has 0 aliphatic rings. The van der Waals surface area contributed by atoms with Crippen LogP contribution >= 0.6 is 22.6 Å². The summed E-state index contributed by atoms with van der Waals surface area (Å²) in [5.74, 6) is 0. The maximum Gasteiger partial charge on any atom is 0.0701 e. The number of hydrogen-bond acceptors (Lipinski definition) is 11. The van der Waals surface area contributed by atoms with Crippen molar-refractivity contribution in [2.45, 2.75) is 25.7 Å². The van der Waals surface area contributed by atoms with Gasteiger partial charge in [0.1, 0.15) is 0 Å². The lowest BCUT2D eigenvalue weighted by Crippen LogP contribution is -2.15. The number of halogens is 1. The molecular weight excluding hydrogens is 615 g/mol. The molecule has 0 atom stereocenters. The largest absolute Gasteiger partial charge is 0.394 e. The molecule has 38 heavy (non-hydrogen) atoms. The third-order valence-corrected chi connectivity index (χ3v) is 5.52. The highest BCUT2D eigenvalue weighted by Gasteiger charge is 1.96. The summed E-state index contributed by atoms with van der Waals surface area (Å²) in [6.45, 7) is 10.8. The summed E-state index contributed by atoms with van der Waals surface area (Å²) in [5.41, 5.74) is 0. The van der Waals surface area contributed by atoms with Gasteiger partial charge in [-0.25, -0.2) is 0 Å². The molecular formula is C26H53IO11. The number of alkyl halides is 1. The lowest BCUT2D eigenvalue weighted by atomic mass is 10.2. The summed E-state index contributed by atoms with van der Waals surface area (Å²) in [7, 11) is 0. The molecule has 0 aromatic heterocycles. The van der Waals surface area contributed by atoms with Crippen molar-refractivity contribution >= 4 is 22.6 Å². The van der Waals surface area contributed by atoms with E-state index in [0.717, 1.165) is 13.0 Å². The van der Waals surface area contributed by atoms with Gasteiger partial charge < -0.3 is 52.5 Å². The van der Waals surface area contributed by atoms with Crippen molar-refractivity contribution in [2.24, 2.45) is 0 Å². The highest BCUT2D eigenvalue weighted by atomic mass is 127. The zero-order valence-electron chi connectivity index (χ0n) is 23.3. The van der Waals surface area contributed by atoms with Crippen molar-refractivity contribution in [3.8, 4) is 0 Å². The molecule has 12 heteroatoms. The van der Waals surface area contributed by atoms with Crippen molar-refractivity contribution in [1.82, 2.24) is 0 Å². The van der Waals surface area contributed by atoms with Gasteiger partial charge in [-0.15, -0.1) is 0 Å². The molecule has 230 valence electrons. The minimum absolute atomic E-state index is 0.0302. The van der Waals surface area contributed by atoms with Gasteiger partial charge >= 0.3 is 0 Å². The lowest BCUT2D eigenvalue weighted by Gasteiger charge is -2.09. The maximum absolute atomic E-state index is 8.56. The number of ether oxygens (including phenoxy) is 10. The number of aliphatic hydroxyl groups is 1. The summed E-state index contributed by atoms with van der Waals surface area (Å²) in [5, 5.41) is 8.56. The van der Waals surface area contributed by atoms with Crippen LogP contribution in [0.1, 0.15) is 25.7 Å². The molecule has 0 aromatic rings.